The van der Waals surface area contributed by atoms with Gasteiger partial charge in [0.25, 0.3) is 11.8 Å². The minimum absolute atomic E-state index is 0.260. The maximum Gasteiger partial charge on any atom is 0.291 e. The molecule has 4 aliphatic rings. The molecule has 0 radical (unpaired) electrons. The number of amides is 2. The van der Waals surface area contributed by atoms with Crippen LogP contribution in [0.2, 0.25) is 5.02 Å². The van der Waals surface area contributed by atoms with Crippen LogP contribution in [0, 0.1) is 17.2 Å². The lowest BCUT2D eigenvalue weighted by molar-refractivity contribution is 0.0283. The van der Waals surface area contributed by atoms with E-state index in [4.69, 9.17) is 26.3 Å². The Morgan fingerprint density at radius 2 is 1.45 bits per heavy atom. The Kier molecular flexibility index (Phi) is 11.1. The summed E-state index contributed by atoms with van der Waals surface area (Å²) in [5, 5.41) is 16.6. The van der Waals surface area contributed by atoms with Crippen molar-refractivity contribution in [2.24, 2.45) is 20.0 Å². The van der Waals surface area contributed by atoms with Gasteiger partial charge in [-0.3, -0.25) is 19.4 Å². The summed E-state index contributed by atoms with van der Waals surface area (Å²) in [6, 6.07) is 13.4. The van der Waals surface area contributed by atoms with Crippen LogP contribution in [0.3, 0.4) is 0 Å². The summed E-state index contributed by atoms with van der Waals surface area (Å²) in [5.74, 6) is 0.743. The molecule has 1 aliphatic carbocycles. The summed E-state index contributed by atoms with van der Waals surface area (Å²) in [4.78, 5) is 42.0. The van der Waals surface area contributed by atoms with Gasteiger partial charge in [-0.15, -0.1) is 0 Å². The van der Waals surface area contributed by atoms with Gasteiger partial charge >= 0.3 is 0 Å². The number of nitrogens with zero attached hydrogens (tertiary/aromatic N) is 7. The predicted octanol–water partition coefficient (Wildman–Crippen LogP) is 6.72. The molecule has 8 rings (SSSR count). The lowest BCUT2D eigenvalue weighted by Gasteiger charge is -2.36. The quantitative estimate of drug-likeness (QED) is 0.192. The van der Waals surface area contributed by atoms with Crippen molar-refractivity contribution in [2.45, 2.75) is 83.3 Å². The summed E-state index contributed by atoms with van der Waals surface area (Å²) >= 11 is 6.99. The third kappa shape index (κ3) is 7.68. The molecule has 1 saturated heterocycles. The standard InChI is InChI=1S/C42H50ClN9O3/c1-49-36-15-20-51(19-14-27-8-4-3-5-9-27)25-34(36)45-40(49)42(54)48-33-13-7-11-30(38(33)43)29-10-6-12-32(31(29)24-44)47-41(53)39-46-35-26-52(21-16-37(35)50(39)2)28-17-22-55-23-18-28/h6-7,10-13,27-28H,3-5,8-9,14-23,25-26H2,1-2H3,(H,47,53)(H,48,54). The molecule has 4 aromatic rings. The highest BCUT2D eigenvalue weighted by molar-refractivity contribution is 6.36. The van der Waals surface area contributed by atoms with Crippen molar-refractivity contribution in [2.75, 3.05) is 43.5 Å². The number of imidazole rings is 2. The molecule has 3 aliphatic heterocycles. The molecule has 1 saturated carbocycles. The molecule has 2 aromatic carbocycles. The Bertz CT molecular complexity index is 2120. The normalized spacial score (nSPS) is 18.4. The van der Waals surface area contributed by atoms with Crippen molar-refractivity contribution < 1.29 is 14.3 Å². The van der Waals surface area contributed by atoms with Crippen LogP contribution in [-0.2, 0) is 44.8 Å². The van der Waals surface area contributed by atoms with Gasteiger partial charge in [0.2, 0.25) is 0 Å². The topological polar surface area (TPSA) is 133 Å². The maximum atomic E-state index is 13.7. The number of aromatic nitrogens is 4. The second-order valence-corrected chi connectivity index (χ2v) is 16.0. The van der Waals surface area contributed by atoms with Crippen LogP contribution < -0.4 is 10.6 Å². The molecule has 0 spiro atoms. The average Bonchev–Trinajstić information content (AvgIpc) is 3.73. The Morgan fingerprint density at radius 1 is 0.836 bits per heavy atom. The van der Waals surface area contributed by atoms with E-state index in [0.717, 1.165) is 93.8 Å². The zero-order valence-corrected chi connectivity index (χ0v) is 32.6. The minimum atomic E-state index is -0.389. The SMILES string of the molecule is Cn1c(C(=O)Nc2cccc(-c3cccc(NC(=O)c4nc5c(n4C)CCN(C4CCOCC4)C5)c3C#N)c2Cl)nc2c1CCN(CCC1CCCCC1)C2. The number of benzene rings is 2. The third-order valence-corrected chi connectivity index (χ3v) is 12.7. The summed E-state index contributed by atoms with van der Waals surface area (Å²) in [6.07, 6.45) is 11.7. The first kappa shape index (κ1) is 37.4. The van der Waals surface area contributed by atoms with Crippen LogP contribution in [0.15, 0.2) is 36.4 Å². The fourth-order valence-corrected chi connectivity index (χ4v) is 9.40. The Balaban J connectivity index is 0.965. The number of rotatable bonds is 9. The highest BCUT2D eigenvalue weighted by atomic mass is 35.5. The van der Waals surface area contributed by atoms with Crippen LogP contribution in [0.1, 0.15) is 101 Å². The molecular weight excluding hydrogens is 714 g/mol. The number of nitriles is 1. The number of anilines is 2. The van der Waals surface area contributed by atoms with E-state index in [1.807, 2.05) is 23.2 Å². The first-order chi connectivity index (χ1) is 26.8. The number of nitrogens with one attached hydrogen (secondary N) is 2. The second-order valence-electron chi connectivity index (χ2n) is 15.6. The van der Waals surface area contributed by atoms with Gasteiger partial charge in [-0.2, -0.15) is 5.26 Å². The van der Waals surface area contributed by atoms with E-state index in [1.54, 1.807) is 36.4 Å². The van der Waals surface area contributed by atoms with Crippen molar-refractivity contribution in [3.63, 3.8) is 0 Å². The number of ether oxygens (including phenoxy) is 1. The van der Waals surface area contributed by atoms with Gasteiger partial charge in [-0.1, -0.05) is 68.0 Å². The van der Waals surface area contributed by atoms with Crippen molar-refractivity contribution in [1.82, 2.24) is 28.9 Å². The highest BCUT2D eigenvalue weighted by Gasteiger charge is 2.31. The molecule has 0 atom stereocenters. The second kappa shape index (κ2) is 16.3. The molecule has 12 nitrogen and oxygen atoms in total. The molecule has 2 amide bonds. The van der Waals surface area contributed by atoms with Gasteiger partial charge in [-0.25, -0.2) is 9.97 Å². The van der Waals surface area contributed by atoms with Crippen molar-refractivity contribution in [1.29, 1.82) is 5.26 Å². The molecule has 13 heteroatoms. The Morgan fingerprint density at radius 3 is 2.15 bits per heavy atom. The monoisotopic (exact) mass is 763 g/mol. The van der Waals surface area contributed by atoms with Gasteiger partial charge in [0.1, 0.15) is 6.07 Å². The van der Waals surface area contributed by atoms with Gasteiger partial charge in [-0.05, 0) is 43.9 Å². The zero-order valence-electron chi connectivity index (χ0n) is 31.9. The molecule has 55 heavy (non-hydrogen) atoms. The van der Waals surface area contributed by atoms with E-state index in [0.29, 0.717) is 46.7 Å². The summed E-state index contributed by atoms with van der Waals surface area (Å²) in [5.41, 5.74) is 6.15. The van der Waals surface area contributed by atoms with Crippen LogP contribution in [0.5, 0.6) is 0 Å². The van der Waals surface area contributed by atoms with Gasteiger partial charge in [0.15, 0.2) is 11.6 Å². The number of halogens is 1. The molecule has 0 unspecified atom stereocenters. The first-order valence-electron chi connectivity index (χ1n) is 19.9. The largest absolute Gasteiger partial charge is 0.381 e. The van der Waals surface area contributed by atoms with Crippen LogP contribution in [-0.4, -0.2) is 79.6 Å². The summed E-state index contributed by atoms with van der Waals surface area (Å²) in [7, 11) is 3.78. The predicted molar refractivity (Wildman–Crippen MR) is 212 cm³/mol. The smallest absolute Gasteiger partial charge is 0.291 e. The van der Waals surface area contributed by atoms with Gasteiger partial charge in [0, 0.05) is 94.9 Å². The first-order valence-corrected chi connectivity index (χ1v) is 20.2. The Labute approximate surface area is 327 Å². The summed E-state index contributed by atoms with van der Waals surface area (Å²) in [6.45, 7) is 5.96. The summed E-state index contributed by atoms with van der Waals surface area (Å²) < 4.78 is 9.33. The van der Waals surface area contributed by atoms with E-state index in [9.17, 15) is 14.9 Å². The van der Waals surface area contributed by atoms with E-state index < -0.39 is 0 Å². The number of carbonyl (C=O) groups excluding carboxylic acids is 2. The van der Waals surface area contributed by atoms with Crippen LogP contribution >= 0.6 is 11.6 Å². The molecule has 0 bridgehead atoms. The van der Waals surface area contributed by atoms with E-state index in [1.165, 1.54) is 38.5 Å². The Hall–Kier alpha value is -4.54. The van der Waals surface area contributed by atoms with Crippen LogP contribution in [0.25, 0.3) is 11.1 Å². The number of hydrogen-bond acceptors (Lipinski definition) is 8. The average molecular weight is 764 g/mol. The van der Waals surface area contributed by atoms with Gasteiger partial charge in [0.05, 0.1) is 33.3 Å². The molecule has 288 valence electrons. The zero-order chi connectivity index (χ0) is 38.1. The molecule has 5 heterocycles. The molecule has 2 N–H and O–H groups in total. The lowest BCUT2D eigenvalue weighted by atomic mass is 9.87. The van der Waals surface area contributed by atoms with Crippen molar-refractivity contribution in [3.8, 4) is 17.2 Å². The minimum Gasteiger partial charge on any atom is -0.381 e. The van der Waals surface area contributed by atoms with E-state index in [2.05, 4.69) is 26.5 Å². The lowest BCUT2D eigenvalue weighted by Crippen LogP contribution is -2.42. The maximum absolute atomic E-state index is 13.7. The fourth-order valence-electron chi connectivity index (χ4n) is 9.12. The fraction of sp³-hybridized carbons (Fsp3) is 0.500. The van der Waals surface area contributed by atoms with E-state index >= 15 is 0 Å². The van der Waals surface area contributed by atoms with Crippen LogP contribution in [0.4, 0.5) is 11.4 Å². The van der Waals surface area contributed by atoms with Crippen molar-refractivity contribution >= 4 is 34.8 Å². The molecular formula is C42H50ClN9O3. The highest BCUT2D eigenvalue weighted by Crippen LogP contribution is 2.38. The van der Waals surface area contributed by atoms with Gasteiger partial charge < -0.3 is 24.5 Å². The third-order valence-electron chi connectivity index (χ3n) is 12.3. The number of hydrogen-bond donors (Lipinski definition) is 2. The molecule has 2 fully saturated rings. The van der Waals surface area contributed by atoms with E-state index in [-0.39, 0.29) is 22.4 Å². The number of carbonyl (C=O) groups is 2. The van der Waals surface area contributed by atoms with Crippen molar-refractivity contribution in [3.05, 3.63) is 81.4 Å². The number of fused-ring (bicyclic) bond motifs is 2. The molecule has 2 aromatic heterocycles.